The van der Waals surface area contributed by atoms with E-state index in [2.05, 4.69) is 15.9 Å². The van der Waals surface area contributed by atoms with Crippen LogP contribution >= 0.6 is 27.7 Å². The highest BCUT2D eigenvalue weighted by atomic mass is 79.9. The molecule has 0 aliphatic carbocycles. The zero-order valence-electron chi connectivity index (χ0n) is 8.99. The molecule has 0 atom stereocenters. The van der Waals surface area contributed by atoms with E-state index in [1.54, 1.807) is 17.8 Å². The summed E-state index contributed by atoms with van der Waals surface area (Å²) in [5, 5.41) is 0. The van der Waals surface area contributed by atoms with Crippen molar-refractivity contribution in [3.05, 3.63) is 58.3 Å². The Morgan fingerprint density at radius 3 is 2.47 bits per heavy atom. The number of hydrogen-bond donors (Lipinski definition) is 1. The second-order valence-electron chi connectivity index (χ2n) is 3.64. The van der Waals surface area contributed by atoms with Gasteiger partial charge in [0.05, 0.1) is 0 Å². The van der Waals surface area contributed by atoms with Crippen LogP contribution in [0.1, 0.15) is 5.56 Å². The van der Waals surface area contributed by atoms with Gasteiger partial charge in [-0.15, -0.1) is 11.8 Å². The minimum Gasteiger partial charge on any atom is -0.399 e. The van der Waals surface area contributed by atoms with E-state index in [1.165, 1.54) is 17.7 Å². The number of hydrogen-bond acceptors (Lipinski definition) is 2. The van der Waals surface area contributed by atoms with Crippen molar-refractivity contribution < 1.29 is 4.39 Å². The summed E-state index contributed by atoms with van der Waals surface area (Å²) in [5.74, 6) is 0.513. The summed E-state index contributed by atoms with van der Waals surface area (Å²) < 4.78 is 14.2. The Morgan fingerprint density at radius 2 is 1.82 bits per heavy atom. The van der Waals surface area contributed by atoms with Crippen molar-refractivity contribution in [2.24, 2.45) is 0 Å². The Hall–Kier alpha value is -1.00. The van der Waals surface area contributed by atoms with Crippen LogP contribution in [0.3, 0.4) is 0 Å². The minimum absolute atomic E-state index is 0.289. The summed E-state index contributed by atoms with van der Waals surface area (Å²) in [6.07, 6.45) is 0. The van der Waals surface area contributed by atoms with Gasteiger partial charge in [-0.05, 0) is 35.9 Å². The molecule has 0 saturated carbocycles. The molecule has 2 aromatic rings. The summed E-state index contributed by atoms with van der Waals surface area (Å²) in [7, 11) is 0. The first-order valence-corrected chi connectivity index (χ1v) is 6.85. The number of anilines is 1. The molecule has 88 valence electrons. The van der Waals surface area contributed by atoms with Crippen molar-refractivity contribution in [3.8, 4) is 0 Å². The molecule has 1 nitrogen and oxygen atoms in total. The summed E-state index contributed by atoms with van der Waals surface area (Å²) in [6, 6.07) is 12.7. The molecule has 0 unspecified atom stereocenters. The third-order valence-corrected chi connectivity index (χ3v) is 3.79. The van der Waals surface area contributed by atoms with Crippen LogP contribution < -0.4 is 5.73 Å². The SMILES string of the molecule is Nc1cc(F)cc(SCc2ccc(Br)cc2)c1. The lowest BCUT2D eigenvalue weighted by Gasteiger charge is -2.04. The van der Waals surface area contributed by atoms with Gasteiger partial charge in [-0.3, -0.25) is 0 Å². The first kappa shape index (κ1) is 12.5. The molecule has 2 N–H and O–H groups in total. The first-order chi connectivity index (χ1) is 8.13. The number of halogens is 2. The molecule has 0 spiro atoms. The van der Waals surface area contributed by atoms with Gasteiger partial charge in [0.2, 0.25) is 0 Å². The Labute approximate surface area is 112 Å². The largest absolute Gasteiger partial charge is 0.399 e. The average molecular weight is 312 g/mol. The van der Waals surface area contributed by atoms with E-state index in [0.29, 0.717) is 5.69 Å². The van der Waals surface area contributed by atoms with E-state index in [0.717, 1.165) is 15.1 Å². The standard InChI is InChI=1S/C13H11BrFNS/c14-10-3-1-9(2-4-10)8-17-13-6-11(15)5-12(16)7-13/h1-7H,8,16H2. The number of benzene rings is 2. The van der Waals surface area contributed by atoms with E-state index in [9.17, 15) is 4.39 Å². The lowest BCUT2D eigenvalue weighted by molar-refractivity contribution is 0.625. The summed E-state index contributed by atoms with van der Waals surface area (Å²) >= 11 is 4.96. The molecule has 0 heterocycles. The predicted molar refractivity (Wildman–Crippen MR) is 74.5 cm³/mol. The number of nitrogen functional groups attached to an aromatic ring is 1. The number of nitrogens with two attached hydrogens (primary N) is 1. The van der Waals surface area contributed by atoms with Crippen molar-refractivity contribution in [3.63, 3.8) is 0 Å². The van der Waals surface area contributed by atoms with Crippen LogP contribution in [-0.2, 0) is 5.75 Å². The molecular formula is C13H11BrFNS. The maximum Gasteiger partial charge on any atom is 0.126 e. The molecule has 0 saturated heterocycles. The normalized spacial score (nSPS) is 10.5. The molecule has 0 radical (unpaired) electrons. The lowest BCUT2D eigenvalue weighted by Crippen LogP contribution is -1.87. The predicted octanol–water partition coefficient (Wildman–Crippen LogP) is 4.46. The quantitative estimate of drug-likeness (QED) is 0.669. The average Bonchev–Trinajstić information content (AvgIpc) is 2.27. The van der Waals surface area contributed by atoms with Crippen molar-refractivity contribution in [1.29, 1.82) is 0 Å². The van der Waals surface area contributed by atoms with Gasteiger partial charge in [-0.1, -0.05) is 28.1 Å². The van der Waals surface area contributed by atoms with Crippen LogP contribution in [0.15, 0.2) is 51.8 Å². The molecule has 0 aromatic heterocycles. The van der Waals surface area contributed by atoms with Gasteiger partial charge in [-0.2, -0.15) is 0 Å². The van der Waals surface area contributed by atoms with Crippen LogP contribution in [0.2, 0.25) is 0 Å². The third-order valence-electron chi connectivity index (χ3n) is 2.21. The number of rotatable bonds is 3. The molecule has 0 aliphatic heterocycles. The molecule has 2 aromatic carbocycles. The summed E-state index contributed by atoms with van der Waals surface area (Å²) in [4.78, 5) is 0.852. The Bertz CT molecular complexity index is 493. The van der Waals surface area contributed by atoms with Crippen LogP contribution in [-0.4, -0.2) is 0 Å². The van der Waals surface area contributed by atoms with Crippen molar-refractivity contribution >= 4 is 33.4 Å². The monoisotopic (exact) mass is 311 g/mol. The number of thioether (sulfide) groups is 1. The van der Waals surface area contributed by atoms with Crippen LogP contribution in [0.4, 0.5) is 10.1 Å². The molecule has 0 amide bonds. The van der Waals surface area contributed by atoms with Crippen LogP contribution in [0, 0.1) is 5.82 Å². The van der Waals surface area contributed by atoms with E-state index < -0.39 is 0 Å². The maximum atomic E-state index is 13.1. The zero-order valence-corrected chi connectivity index (χ0v) is 11.4. The molecule has 17 heavy (non-hydrogen) atoms. The van der Waals surface area contributed by atoms with Crippen LogP contribution in [0.25, 0.3) is 0 Å². The van der Waals surface area contributed by atoms with Crippen LogP contribution in [0.5, 0.6) is 0 Å². The summed E-state index contributed by atoms with van der Waals surface area (Å²) in [6.45, 7) is 0. The van der Waals surface area contributed by atoms with E-state index in [-0.39, 0.29) is 5.82 Å². The van der Waals surface area contributed by atoms with E-state index in [1.807, 2.05) is 24.3 Å². The Morgan fingerprint density at radius 1 is 1.12 bits per heavy atom. The fourth-order valence-electron chi connectivity index (χ4n) is 1.42. The fraction of sp³-hybridized carbons (Fsp3) is 0.0769. The van der Waals surface area contributed by atoms with Gasteiger partial charge in [0.15, 0.2) is 0 Å². The highest BCUT2D eigenvalue weighted by Gasteiger charge is 2.00. The van der Waals surface area contributed by atoms with Gasteiger partial charge < -0.3 is 5.73 Å². The highest BCUT2D eigenvalue weighted by molar-refractivity contribution is 9.10. The fourth-order valence-corrected chi connectivity index (χ4v) is 2.62. The lowest BCUT2D eigenvalue weighted by atomic mass is 10.2. The van der Waals surface area contributed by atoms with Gasteiger partial charge in [0, 0.05) is 20.8 Å². The molecule has 4 heteroatoms. The van der Waals surface area contributed by atoms with Gasteiger partial charge >= 0.3 is 0 Å². The topological polar surface area (TPSA) is 26.0 Å². The van der Waals surface area contributed by atoms with E-state index in [4.69, 9.17) is 5.73 Å². The minimum atomic E-state index is -0.289. The van der Waals surface area contributed by atoms with Crippen molar-refractivity contribution in [1.82, 2.24) is 0 Å². The van der Waals surface area contributed by atoms with Crippen molar-refractivity contribution in [2.75, 3.05) is 5.73 Å². The molecule has 2 rings (SSSR count). The van der Waals surface area contributed by atoms with Gasteiger partial charge in [-0.25, -0.2) is 4.39 Å². The third kappa shape index (κ3) is 3.75. The Kier molecular flexibility index (Phi) is 4.07. The zero-order chi connectivity index (χ0) is 12.3. The first-order valence-electron chi connectivity index (χ1n) is 5.07. The smallest absolute Gasteiger partial charge is 0.126 e. The molecular weight excluding hydrogens is 301 g/mol. The second kappa shape index (κ2) is 5.56. The van der Waals surface area contributed by atoms with E-state index >= 15 is 0 Å². The Balaban J connectivity index is 2.04. The second-order valence-corrected chi connectivity index (χ2v) is 5.60. The van der Waals surface area contributed by atoms with Gasteiger partial charge in [0.25, 0.3) is 0 Å². The molecule has 0 bridgehead atoms. The van der Waals surface area contributed by atoms with Crippen molar-refractivity contribution in [2.45, 2.75) is 10.6 Å². The highest BCUT2D eigenvalue weighted by Crippen LogP contribution is 2.26. The van der Waals surface area contributed by atoms with Gasteiger partial charge in [0.1, 0.15) is 5.82 Å². The molecule has 0 fully saturated rings. The summed E-state index contributed by atoms with van der Waals surface area (Å²) in [5.41, 5.74) is 7.25. The molecule has 0 aliphatic rings. The maximum absolute atomic E-state index is 13.1.